The van der Waals surface area contributed by atoms with Gasteiger partial charge in [0.15, 0.2) is 0 Å². The molecule has 5 heteroatoms. The van der Waals surface area contributed by atoms with Gasteiger partial charge in [-0.15, -0.1) is 0 Å². The Balaban J connectivity index is 1.99. The highest BCUT2D eigenvalue weighted by molar-refractivity contribution is 5.79. The van der Waals surface area contributed by atoms with Gasteiger partial charge in [0.05, 0.1) is 12.8 Å². The van der Waals surface area contributed by atoms with Gasteiger partial charge in [0.1, 0.15) is 5.75 Å². The summed E-state index contributed by atoms with van der Waals surface area (Å²) in [4.78, 5) is 16.3. The van der Waals surface area contributed by atoms with E-state index in [-0.39, 0.29) is 11.8 Å². The highest BCUT2D eigenvalue weighted by Crippen LogP contribution is 2.28. The van der Waals surface area contributed by atoms with E-state index in [1.807, 2.05) is 30.0 Å². The molecule has 1 aliphatic rings. The van der Waals surface area contributed by atoms with Crippen LogP contribution < -0.4 is 15.4 Å². The van der Waals surface area contributed by atoms with Crippen LogP contribution in [-0.4, -0.2) is 50.6 Å². The molecule has 1 aromatic carbocycles. The number of benzene rings is 1. The van der Waals surface area contributed by atoms with Crippen LogP contribution >= 0.6 is 0 Å². The summed E-state index contributed by atoms with van der Waals surface area (Å²) in [6, 6.07) is 7.99. The van der Waals surface area contributed by atoms with E-state index in [0.717, 1.165) is 37.6 Å². The van der Waals surface area contributed by atoms with Crippen molar-refractivity contribution in [2.75, 3.05) is 44.7 Å². The first kappa shape index (κ1) is 14.7. The highest BCUT2D eigenvalue weighted by atomic mass is 16.5. The SMILES string of the molecule is COc1ccccc1N1CCN(C(=O)[C@@H](C)CN)CC1. The van der Waals surface area contributed by atoms with Crippen LogP contribution in [0.4, 0.5) is 5.69 Å². The number of ether oxygens (including phenoxy) is 1. The summed E-state index contributed by atoms with van der Waals surface area (Å²) in [7, 11) is 1.68. The Morgan fingerprint density at radius 1 is 1.30 bits per heavy atom. The van der Waals surface area contributed by atoms with Crippen LogP contribution in [-0.2, 0) is 4.79 Å². The third-order valence-corrected chi connectivity index (χ3v) is 3.79. The van der Waals surface area contributed by atoms with Crippen LogP contribution in [0.1, 0.15) is 6.92 Å². The molecule has 1 fully saturated rings. The molecule has 0 spiro atoms. The fourth-order valence-electron chi connectivity index (χ4n) is 2.47. The van der Waals surface area contributed by atoms with E-state index in [1.165, 1.54) is 0 Å². The summed E-state index contributed by atoms with van der Waals surface area (Å²) in [6.07, 6.45) is 0. The molecule has 0 unspecified atom stereocenters. The molecule has 1 saturated heterocycles. The number of carbonyl (C=O) groups is 1. The van der Waals surface area contributed by atoms with E-state index in [4.69, 9.17) is 10.5 Å². The van der Waals surface area contributed by atoms with E-state index in [2.05, 4.69) is 11.0 Å². The molecule has 5 nitrogen and oxygen atoms in total. The number of carbonyl (C=O) groups excluding carboxylic acids is 1. The Bertz CT molecular complexity index is 456. The van der Waals surface area contributed by atoms with Crippen molar-refractivity contribution in [2.45, 2.75) is 6.92 Å². The number of methoxy groups -OCH3 is 1. The molecule has 2 rings (SSSR count). The molecular formula is C15H23N3O2. The maximum Gasteiger partial charge on any atom is 0.226 e. The van der Waals surface area contributed by atoms with Gasteiger partial charge in [-0.1, -0.05) is 19.1 Å². The minimum atomic E-state index is -0.0900. The summed E-state index contributed by atoms with van der Waals surface area (Å²) < 4.78 is 5.39. The molecule has 0 saturated carbocycles. The Hall–Kier alpha value is -1.75. The molecule has 0 aliphatic carbocycles. The molecule has 0 bridgehead atoms. The molecule has 1 atom stereocenters. The summed E-state index contributed by atoms with van der Waals surface area (Å²) in [6.45, 7) is 5.41. The minimum Gasteiger partial charge on any atom is -0.495 e. The standard InChI is InChI=1S/C15H23N3O2/c1-12(11-16)15(19)18-9-7-17(8-10-18)13-5-3-4-6-14(13)20-2/h3-6,12H,7-11,16H2,1-2H3/t12-/m0/s1. The molecule has 0 radical (unpaired) electrons. The third kappa shape index (κ3) is 3.04. The number of rotatable bonds is 4. The molecule has 1 aliphatic heterocycles. The molecule has 2 N–H and O–H groups in total. The normalized spacial score (nSPS) is 16.9. The maximum atomic E-state index is 12.1. The van der Waals surface area contributed by atoms with E-state index in [9.17, 15) is 4.79 Å². The van der Waals surface area contributed by atoms with Gasteiger partial charge < -0.3 is 20.3 Å². The van der Waals surface area contributed by atoms with Crippen LogP contribution in [0.3, 0.4) is 0 Å². The van der Waals surface area contributed by atoms with Gasteiger partial charge >= 0.3 is 0 Å². The van der Waals surface area contributed by atoms with Crippen LogP contribution in [0, 0.1) is 5.92 Å². The first-order valence-corrected chi connectivity index (χ1v) is 7.04. The zero-order valence-electron chi connectivity index (χ0n) is 12.2. The third-order valence-electron chi connectivity index (χ3n) is 3.79. The van der Waals surface area contributed by atoms with Crippen LogP contribution in [0.2, 0.25) is 0 Å². The van der Waals surface area contributed by atoms with Crippen molar-refractivity contribution in [1.82, 2.24) is 4.90 Å². The molecule has 1 aromatic rings. The lowest BCUT2D eigenvalue weighted by molar-refractivity contribution is -0.134. The Morgan fingerprint density at radius 2 is 1.95 bits per heavy atom. The topological polar surface area (TPSA) is 58.8 Å². The maximum absolute atomic E-state index is 12.1. The molecule has 1 heterocycles. The average Bonchev–Trinajstić information content (AvgIpc) is 2.53. The second kappa shape index (κ2) is 6.61. The number of hydrogen-bond acceptors (Lipinski definition) is 4. The zero-order chi connectivity index (χ0) is 14.5. The van der Waals surface area contributed by atoms with Gasteiger partial charge in [-0.2, -0.15) is 0 Å². The van der Waals surface area contributed by atoms with Crippen molar-refractivity contribution in [2.24, 2.45) is 11.7 Å². The predicted octanol–water partition coefficient (Wildman–Crippen LogP) is 0.939. The van der Waals surface area contributed by atoms with Crippen molar-refractivity contribution >= 4 is 11.6 Å². The van der Waals surface area contributed by atoms with Crippen molar-refractivity contribution in [3.05, 3.63) is 24.3 Å². The van der Waals surface area contributed by atoms with Crippen molar-refractivity contribution in [3.8, 4) is 5.75 Å². The van der Waals surface area contributed by atoms with Crippen molar-refractivity contribution in [1.29, 1.82) is 0 Å². The summed E-state index contributed by atoms with van der Waals surface area (Å²) in [5.74, 6) is 0.947. The number of para-hydroxylation sites is 2. The molecule has 1 amide bonds. The van der Waals surface area contributed by atoms with E-state index in [1.54, 1.807) is 7.11 Å². The van der Waals surface area contributed by atoms with Crippen molar-refractivity contribution in [3.63, 3.8) is 0 Å². The minimum absolute atomic E-state index is 0.0900. The largest absolute Gasteiger partial charge is 0.495 e. The fraction of sp³-hybridized carbons (Fsp3) is 0.533. The molecular weight excluding hydrogens is 254 g/mol. The second-order valence-corrected chi connectivity index (χ2v) is 5.12. The Labute approximate surface area is 120 Å². The first-order valence-electron chi connectivity index (χ1n) is 7.04. The number of piperazine rings is 1. The average molecular weight is 277 g/mol. The zero-order valence-corrected chi connectivity index (χ0v) is 12.2. The number of anilines is 1. The molecule has 0 aromatic heterocycles. The van der Waals surface area contributed by atoms with Crippen LogP contribution in [0.25, 0.3) is 0 Å². The van der Waals surface area contributed by atoms with E-state index >= 15 is 0 Å². The smallest absolute Gasteiger partial charge is 0.226 e. The summed E-state index contributed by atoms with van der Waals surface area (Å²) in [5.41, 5.74) is 6.65. The predicted molar refractivity (Wildman–Crippen MR) is 80.0 cm³/mol. The number of nitrogens with zero attached hydrogens (tertiary/aromatic N) is 2. The summed E-state index contributed by atoms with van der Waals surface area (Å²) >= 11 is 0. The van der Waals surface area contributed by atoms with Crippen LogP contribution in [0.5, 0.6) is 5.75 Å². The second-order valence-electron chi connectivity index (χ2n) is 5.12. The fourth-order valence-corrected chi connectivity index (χ4v) is 2.47. The van der Waals surface area contributed by atoms with Gasteiger partial charge in [0.2, 0.25) is 5.91 Å². The van der Waals surface area contributed by atoms with E-state index < -0.39 is 0 Å². The number of amides is 1. The van der Waals surface area contributed by atoms with Gasteiger partial charge in [0, 0.05) is 38.6 Å². The van der Waals surface area contributed by atoms with Gasteiger partial charge in [-0.25, -0.2) is 0 Å². The quantitative estimate of drug-likeness (QED) is 0.890. The lowest BCUT2D eigenvalue weighted by Gasteiger charge is -2.37. The van der Waals surface area contributed by atoms with Crippen LogP contribution in [0.15, 0.2) is 24.3 Å². The summed E-state index contributed by atoms with van der Waals surface area (Å²) in [5, 5.41) is 0. The molecule has 110 valence electrons. The number of nitrogens with two attached hydrogens (primary N) is 1. The molecule has 20 heavy (non-hydrogen) atoms. The van der Waals surface area contributed by atoms with Gasteiger partial charge in [-0.05, 0) is 12.1 Å². The van der Waals surface area contributed by atoms with Crippen molar-refractivity contribution < 1.29 is 9.53 Å². The monoisotopic (exact) mass is 277 g/mol. The lowest BCUT2D eigenvalue weighted by Crippen LogP contribution is -2.51. The first-order chi connectivity index (χ1) is 9.67. The van der Waals surface area contributed by atoms with Gasteiger partial charge in [-0.3, -0.25) is 4.79 Å². The lowest BCUT2D eigenvalue weighted by atomic mass is 10.1. The highest BCUT2D eigenvalue weighted by Gasteiger charge is 2.25. The number of hydrogen-bond donors (Lipinski definition) is 1. The Kier molecular flexibility index (Phi) is 4.84. The van der Waals surface area contributed by atoms with Gasteiger partial charge in [0.25, 0.3) is 0 Å². The van der Waals surface area contributed by atoms with E-state index in [0.29, 0.717) is 6.54 Å². The Morgan fingerprint density at radius 3 is 2.55 bits per heavy atom.